The summed E-state index contributed by atoms with van der Waals surface area (Å²) in [5, 5.41) is 0. The maximum atomic E-state index is 8.88. The van der Waals surface area contributed by atoms with E-state index >= 15 is 0 Å². The molecule has 6 rings (SSSR count). The van der Waals surface area contributed by atoms with Gasteiger partial charge in [-0.3, -0.25) is 0 Å². The molecule has 0 spiro atoms. The van der Waals surface area contributed by atoms with Crippen molar-refractivity contribution >= 4 is 35.1 Å². The summed E-state index contributed by atoms with van der Waals surface area (Å²) < 4.78 is 0.0991. The van der Waals surface area contributed by atoms with Crippen LogP contribution in [0, 0.1) is 0 Å². The van der Waals surface area contributed by atoms with Gasteiger partial charge in [0.15, 0.2) is 0 Å². The minimum atomic E-state index is -4.96. The summed E-state index contributed by atoms with van der Waals surface area (Å²) in [5.41, 5.74) is 22.1. The monoisotopic (exact) mass is 937 g/mol. The Balaban J connectivity index is 1.63. The van der Waals surface area contributed by atoms with E-state index in [4.69, 9.17) is 17.0 Å². The van der Waals surface area contributed by atoms with Crippen molar-refractivity contribution in [2.24, 2.45) is 0 Å². The van der Waals surface area contributed by atoms with E-state index in [2.05, 4.69) is 197 Å². The Hall–Kier alpha value is -1.96. The molecule has 0 aliphatic heterocycles. The molecule has 0 N–H and O–H groups in total. The molecule has 0 amide bonds. The van der Waals surface area contributed by atoms with Gasteiger partial charge in [-0.2, -0.15) is 0 Å². The number of hydrogen-bond acceptors (Lipinski definition) is 0. The van der Waals surface area contributed by atoms with Crippen molar-refractivity contribution in [1.82, 2.24) is 0 Å². The molecule has 4 aromatic rings. The molecule has 0 heterocycles. The minimum absolute atomic E-state index is 0.0241. The van der Waals surface area contributed by atoms with Crippen LogP contribution in [0.5, 0.6) is 0 Å². The summed E-state index contributed by atoms with van der Waals surface area (Å²) in [7, 11) is 17.8. The first-order valence-electron chi connectivity index (χ1n) is 23.1. The first-order chi connectivity index (χ1) is 27.5. The quantitative estimate of drug-likeness (QED) is 0.147. The topological polar surface area (TPSA) is 0 Å². The molecular weight excluding hydrogens is 863 g/mol. The third-order valence-electron chi connectivity index (χ3n) is 14.2. The van der Waals surface area contributed by atoms with Crippen LogP contribution in [-0.2, 0) is 50.1 Å². The van der Waals surface area contributed by atoms with Gasteiger partial charge in [0.05, 0.1) is 0 Å². The maximum absolute atomic E-state index is 8.88. The van der Waals surface area contributed by atoms with E-state index in [9.17, 15) is 0 Å². The molecule has 60 heavy (non-hydrogen) atoms. The van der Waals surface area contributed by atoms with E-state index in [0.29, 0.717) is 0 Å². The first kappa shape index (κ1) is 47.5. The number of hydrogen-bond donors (Lipinski definition) is 0. The molecule has 0 saturated carbocycles. The standard InChI is InChI=1S/2C27H35.C2H7Si.2ClH.Zr/c2*1-9-10-19-11-12-20-13-18(2)14-24(20)25(19)21-15-22(26(3,4)5)17-23(16-21)27(6,7)8;1-3-2;;;/h2*11-17H,9-10H2,1-8H3;3H,1-2H3;2*1H;/q;;;;;+2/p-2. The van der Waals surface area contributed by atoms with Crippen LogP contribution in [0.2, 0.25) is 13.1 Å². The predicted octanol–water partition coefficient (Wildman–Crippen LogP) is 17.7. The summed E-state index contributed by atoms with van der Waals surface area (Å²) in [6.07, 6.45) is 9.30. The molecule has 0 bridgehead atoms. The van der Waals surface area contributed by atoms with Crippen LogP contribution >= 0.6 is 17.0 Å². The summed E-state index contributed by atoms with van der Waals surface area (Å²) in [6, 6.07) is 24.6. The van der Waals surface area contributed by atoms with Gasteiger partial charge in [-0.25, -0.2) is 0 Å². The molecule has 4 aromatic carbocycles. The SMILES string of the molecule is CCCc1ccc2c(c1-c1cc(C(C)(C)C)cc(C(C)(C)C)c1)C=C(C)[CH]2[Zr]([Cl])([Cl])([CH]1C(C)=Cc2c1ccc(CCC)c2-c1cc(C(C)(C)C)cc(C(C)(C)C)c1)[SiH](C)C. The van der Waals surface area contributed by atoms with Gasteiger partial charge in [0, 0.05) is 0 Å². The van der Waals surface area contributed by atoms with Gasteiger partial charge < -0.3 is 0 Å². The third-order valence-corrected chi connectivity index (χ3v) is 66.4. The van der Waals surface area contributed by atoms with Crippen LogP contribution in [-0.4, -0.2) is 5.92 Å². The van der Waals surface area contributed by atoms with Gasteiger partial charge in [-0.15, -0.1) is 0 Å². The molecule has 0 nitrogen and oxygen atoms in total. The zero-order valence-corrected chi connectivity index (χ0v) is 45.9. The molecule has 2 aliphatic rings. The Morgan fingerprint density at radius 3 is 1.05 bits per heavy atom. The van der Waals surface area contributed by atoms with E-state index in [0.717, 1.165) is 25.7 Å². The fourth-order valence-corrected chi connectivity index (χ4v) is 43.4. The fraction of sp³-hybridized carbons (Fsp3) is 0.500. The van der Waals surface area contributed by atoms with Gasteiger partial charge in [0.25, 0.3) is 0 Å². The number of allylic oxidation sites excluding steroid dienone is 2. The summed E-state index contributed by atoms with van der Waals surface area (Å²) >= 11 is -4.96. The van der Waals surface area contributed by atoms with E-state index in [1.807, 2.05) is 0 Å². The number of rotatable bonds is 9. The summed E-state index contributed by atoms with van der Waals surface area (Å²) in [5.74, 6) is -1.71. The van der Waals surface area contributed by atoms with E-state index in [1.165, 1.54) is 89.0 Å². The van der Waals surface area contributed by atoms with Crippen LogP contribution in [0.25, 0.3) is 34.4 Å². The van der Waals surface area contributed by atoms with Gasteiger partial charge >= 0.3 is 379 Å². The average molecular weight is 940 g/mol. The first-order valence-corrected chi connectivity index (χ1v) is 39.4. The molecule has 2 atom stereocenters. The molecule has 0 saturated heterocycles. The van der Waals surface area contributed by atoms with Crippen molar-refractivity contribution in [3.63, 3.8) is 0 Å². The van der Waals surface area contributed by atoms with Crippen LogP contribution in [0.3, 0.4) is 0 Å². The molecule has 4 heteroatoms. The number of aryl methyl sites for hydroxylation is 2. The molecule has 2 unspecified atom stereocenters. The Morgan fingerprint density at radius 2 is 0.800 bits per heavy atom. The molecular formula is C56H77Cl2SiZr. The third kappa shape index (κ3) is 8.41. The molecule has 0 radical (unpaired) electrons. The van der Waals surface area contributed by atoms with E-state index in [1.54, 1.807) is 0 Å². The zero-order chi connectivity index (χ0) is 44.7. The Labute approximate surface area is 375 Å². The normalized spacial score (nSPS) is 18.0. The molecule has 2 aliphatic carbocycles. The number of benzene rings is 4. The second kappa shape index (κ2) is 16.2. The zero-order valence-electron chi connectivity index (χ0n) is 40.7. The molecule has 323 valence electrons. The van der Waals surface area contributed by atoms with Gasteiger partial charge in [0.1, 0.15) is 0 Å². The molecule has 0 fully saturated rings. The Morgan fingerprint density at radius 1 is 0.500 bits per heavy atom. The van der Waals surface area contributed by atoms with Crippen molar-refractivity contribution in [1.29, 1.82) is 0 Å². The van der Waals surface area contributed by atoms with Gasteiger partial charge in [-0.1, -0.05) is 0 Å². The van der Waals surface area contributed by atoms with Gasteiger partial charge in [0.2, 0.25) is 0 Å². The van der Waals surface area contributed by atoms with Crippen molar-refractivity contribution in [3.8, 4) is 22.3 Å². The van der Waals surface area contributed by atoms with Crippen LogP contribution in [0.15, 0.2) is 71.8 Å². The Kier molecular flexibility index (Phi) is 12.9. The second-order valence-electron chi connectivity index (χ2n) is 23.3. The van der Waals surface area contributed by atoms with Crippen LogP contribution in [0.1, 0.15) is 187 Å². The number of halogens is 2. The van der Waals surface area contributed by atoms with E-state index < -0.39 is 21.5 Å². The van der Waals surface area contributed by atoms with Crippen LogP contribution < -0.4 is 0 Å². The van der Waals surface area contributed by atoms with Crippen molar-refractivity contribution < 1.29 is 15.6 Å². The number of fused-ring (bicyclic) bond motifs is 2. The van der Waals surface area contributed by atoms with Crippen molar-refractivity contribution in [2.45, 2.75) is 178 Å². The average Bonchev–Trinajstić information content (AvgIpc) is 3.66. The fourth-order valence-electron chi connectivity index (χ4n) is 10.5. The predicted molar refractivity (Wildman–Crippen MR) is 270 cm³/mol. The van der Waals surface area contributed by atoms with E-state index in [-0.39, 0.29) is 28.9 Å². The molecule has 0 aromatic heterocycles. The second-order valence-corrected chi connectivity index (χ2v) is 65.8. The summed E-state index contributed by atoms with van der Waals surface area (Å²) in [6.45, 7) is 42.4. The van der Waals surface area contributed by atoms with Crippen molar-refractivity contribution in [2.75, 3.05) is 0 Å². The Bertz CT molecular complexity index is 2150. The summed E-state index contributed by atoms with van der Waals surface area (Å²) in [4.78, 5) is 0. The van der Waals surface area contributed by atoms with Crippen LogP contribution in [0.4, 0.5) is 0 Å². The van der Waals surface area contributed by atoms with Gasteiger partial charge in [-0.05, 0) is 0 Å². The van der Waals surface area contributed by atoms with Crippen molar-refractivity contribution in [3.05, 3.63) is 127 Å².